The minimum Gasteiger partial charge on any atom is -0.389 e. The summed E-state index contributed by atoms with van der Waals surface area (Å²) in [5.41, 5.74) is -2.88. The Morgan fingerprint density at radius 1 is 1.08 bits per heavy atom. The molecule has 2 saturated carbocycles. The van der Waals surface area contributed by atoms with Gasteiger partial charge in [0.1, 0.15) is 29.1 Å². The van der Waals surface area contributed by atoms with Crippen LogP contribution in [-0.4, -0.2) is 62.7 Å². The molecule has 0 radical (unpaired) electrons. The second kappa shape index (κ2) is 7.74. The SMILES string of the molecule is O=C(NC12CC1[C@@H](F)C2)c1cn(-c2c(F)cc(F)cc2F)c2nc(N3C[C@@H](O)[C@H](O)C3)ccc2c1=O. The molecule has 5 atom stereocenters. The zero-order chi connectivity index (χ0) is 25.5. The van der Waals surface area contributed by atoms with E-state index in [1.54, 1.807) is 0 Å². The van der Waals surface area contributed by atoms with Crippen LogP contribution in [0.25, 0.3) is 16.7 Å². The van der Waals surface area contributed by atoms with Crippen LogP contribution in [0.4, 0.5) is 23.4 Å². The first-order chi connectivity index (χ1) is 17.1. The molecule has 0 bridgehead atoms. The topological polar surface area (TPSA) is 108 Å². The number of aromatic nitrogens is 2. The van der Waals surface area contributed by atoms with Gasteiger partial charge in [-0.15, -0.1) is 0 Å². The van der Waals surface area contributed by atoms with Crippen molar-refractivity contribution in [1.82, 2.24) is 14.9 Å². The third-order valence-electron chi connectivity index (χ3n) is 7.38. The number of carbonyl (C=O) groups excluding carboxylic acids is 1. The second-order valence-electron chi connectivity index (χ2n) is 9.68. The largest absolute Gasteiger partial charge is 0.389 e. The summed E-state index contributed by atoms with van der Waals surface area (Å²) in [5, 5.41) is 22.3. The quantitative estimate of drug-likeness (QED) is 0.466. The number of anilines is 1. The van der Waals surface area contributed by atoms with E-state index in [2.05, 4.69) is 10.3 Å². The standard InChI is InChI=1S/C24H20F4N4O4/c25-10-3-14(26)20(15(27)4-10)32-7-12(23(36)30-24-5-13(24)16(28)6-24)21(35)11-1-2-19(29-22(11)32)31-8-17(33)18(34)9-31/h1-4,7,13,16-18,33-34H,5-6,8-9H2,(H,30,36)/t13?,16-,17+,18+,24?/m0/s1. The first-order valence-corrected chi connectivity index (χ1v) is 11.4. The fraction of sp³-hybridized carbons (Fsp3) is 0.375. The van der Waals surface area contributed by atoms with E-state index in [1.165, 1.54) is 17.0 Å². The summed E-state index contributed by atoms with van der Waals surface area (Å²) in [6.07, 6.45) is -1.59. The Balaban J connectivity index is 1.51. The van der Waals surface area contributed by atoms with Gasteiger partial charge in [-0.25, -0.2) is 22.5 Å². The number of benzene rings is 1. The van der Waals surface area contributed by atoms with E-state index in [1.807, 2.05) is 0 Å². The highest BCUT2D eigenvalue weighted by Gasteiger charge is 2.69. The molecule has 3 aromatic rings. The molecule has 2 unspecified atom stereocenters. The molecule has 1 aliphatic heterocycles. The van der Waals surface area contributed by atoms with Crippen molar-refractivity contribution in [2.75, 3.05) is 18.0 Å². The smallest absolute Gasteiger partial charge is 0.257 e. The molecule has 8 nitrogen and oxygen atoms in total. The number of amides is 1. The van der Waals surface area contributed by atoms with Gasteiger partial charge in [-0.3, -0.25) is 14.2 Å². The lowest BCUT2D eigenvalue weighted by Crippen LogP contribution is -2.49. The van der Waals surface area contributed by atoms with Gasteiger partial charge in [0.05, 0.1) is 17.6 Å². The normalized spacial score (nSPS) is 28.7. The second-order valence-corrected chi connectivity index (χ2v) is 9.68. The Kier molecular flexibility index (Phi) is 4.93. The first kappa shape index (κ1) is 22.9. The van der Waals surface area contributed by atoms with Gasteiger partial charge in [-0.2, -0.15) is 0 Å². The Hall–Kier alpha value is -3.51. The highest BCUT2D eigenvalue weighted by Crippen LogP contribution is 2.61. The van der Waals surface area contributed by atoms with Crippen molar-refractivity contribution >= 4 is 22.8 Å². The summed E-state index contributed by atoms with van der Waals surface area (Å²) >= 11 is 0. The summed E-state index contributed by atoms with van der Waals surface area (Å²) in [6, 6.07) is 3.67. The Morgan fingerprint density at radius 2 is 1.75 bits per heavy atom. The third-order valence-corrected chi connectivity index (χ3v) is 7.38. The van der Waals surface area contributed by atoms with Gasteiger partial charge in [-0.05, 0) is 18.6 Å². The minimum atomic E-state index is -1.29. The average Bonchev–Trinajstić information content (AvgIpc) is 3.27. The molecule has 12 heteroatoms. The van der Waals surface area contributed by atoms with Gasteiger partial charge in [-0.1, -0.05) is 0 Å². The number of pyridine rings is 2. The number of alkyl halides is 1. The number of β-amino-alcohol motifs (C(OH)–C–C–N with tert-alkyl or cyclic N) is 2. The van der Waals surface area contributed by atoms with Crippen LogP contribution in [0.2, 0.25) is 0 Å². The van der Waals surface area contributed by atoms with Crippen molar-refractivity contribution in [2.45, 2.75) is 36.8 Å². The number of rotatable bonds is 4. The van der Waals surface area contributed by atoms with Gasteiger partial charge in [0.15, 0.2) is 17.3 Å². The molecule has 2 aliphatic carbocycles. The van der Waals surface area contributed by atoms with Crippen LogP contribution in [0.3, 0.4) is 0 Å². The van der Waals surface area contributed by atoms with Crippen molar-refractivity contribution in [1.29, 1.82) is 0 Å². The number of nitrogens with zero attached hydrogens (tertiary/aromatic N) is 3. The van der Waals surface area contributed by atoms with Crippen LogP contribution < -0.4 is 15.6 Å². The minimum absolute atomic E-state index is 0.0302. The van der Waals surface area contributed by atoms with Crippen molar-refractivity contribution in [3.05, 3.63) is 63.7 Å². The van der Waals surface area contributed by atoms with Crippen LogP contribution in [0.15, 0.2) is 35.3 Å². The maximum absolute atomic E-state index is 14.8. The zero-order valence-electron chi connectivity index (χ0n) is 18.6. The number of aliphatic hydroxyl groups is 2. The first-order valence-electron chi connectivity index (χ1n) is 11.4. The summed E-state index contributed by atoms with van der Waals surface area (Å²) in [4.78, 5) is 32.2. The maximum atomic E-state index is 14.8. The van der Waals surface area contributed by atoms with Crippen LogP contribution in [0.1, 0.15) is 23.2 Å². The van der Waals surface area contributed by atoms with Crippen molar-refractivity contribution in [3.63, 3.8) is 0 Å². The van der Waals surface area contributed by atoms with E-state index in [9.17, 15) is 37.4 Å². The number of halogens is 4. The molecule has 1 aromatic carbocycles. The lowest BCUT2D eigenvalue weighted by molar-refractivity contribution is 0.0572. The monoisotopic (exact) mass is 504 g/mol. The zero-order valence-corrected chi connectivity index (χ0v) is 18.6. The molecule has 3 N–H and O–H groups in total. The number of aliphatic hydroxyl groups excluding tert-OH is 2. The molecule has 3 aliphatic rings. The molecular formula is C24H20F4N4O4. The van der Waals surface area contributed by atoms with Crippen molar-refractivity contribution in [3.8, 4) is 5.69 Å². The van der Waals surface area contributed by atoms with E-state index in [4.69, 9.17) is 0 Å². The molecule has 1 saturated heterocycles. The van der Waals surface area contributed by atoms with E-state index in [0.717, 1.165) is 10.8 Å². The van der Waals surface area contributed by atoms with Crippen LogP contribution in [0.5, 0.6) is 0 Å². The molecular weight excluding hydrogens is 484 g/mol. The third kappa shape index (κ3) is 3.39. The lowest BCUT2D eigenvalue weighted by Gasteiger charge is -2.30. The highest BCUT2D eigenvalue weighted by atomic mass is 19.1. The Bertz CT molecular complexity index is 1460. The fourth-order valence-electron chi connectivity index (χ4n) is 5.28. The molecule has 2 aromatic heterocycles. The summed E-state index contributed by atoms with van der Waals surface area (Å²) < 4.78 is 57.7. The average molecular weight is 504 g/mol. The Morgan fingerprint density at radius 3 is 2.33 bits per heavy atom. The van der Waals surface area contributed by atoms with Crippen molar-refractivity contribution < 1.29 is 32.6 Å². The molecule has 6 rings (SSSR count). The van der Waals surface area contributed by atoms with Crippen LogP contribution in [-0.2, 0) is 0 Å². The highest BCUT2D eigenvalue weighted by molar-refractivity contribution is 5.98. The molecule has 36 heavy (non-hydrogen) atoms. The van der Waals surface area contributed by atoms with Gasteiger partial charge in [0, 0.05) is 49.3 Å². The molecule has 1 amide bonds. The summed E-state index contributed by atoms with van der Waals surface area (Å²) in [7, 11) is 0. The number of hydrogen-bond acceptors (Lipinski definition) is 6. The number of carbonyl (C=O) groups is 1. The van der Waals surface area contributed by atoms with E-state index >= 15 is 0 Å². The molecule has 3 heterocycles. The van der Waals surface area contributed by atoms with E-state index in [0.29, 0.717) is 18.6 Å². The van der Waals surface area contributed by atoms with Gasteiger partial charge >= 0.3 is 0 Å². The van der Waals surface area contributed by atoms with Gasteiger partial charge in [0.25, 0.3) is 5.91 Å². The predicted octanol–water partition coefficient (Wildman–Crippen LogP) is 1.58. The lowest BCUT2D eigenvalue weighted by atomic mass is 9.90. The summed E-state index contributed by atoms with van der Waals surface area (Å²) in [5.74, 6) is -4.66. The molecule has 0 spiro atoms. The number of fused-ring (bicyclic) bond motifs is 2. The Labute approximate surface area is 200 Å². The summed E-state index contributed by atoms with van der Waals surface area (Å²) in [6.45, 7) is 0.0605. The number of nitrogens with one attached hydrogen (secondary N) is 1. The molecule has 3 fully saturated rings. The van der Waals surface area contributed by atoms with Gasteiger partial charge < -0.3 is 20.4 Å². The van der Waals surface area contributed by atoms with Crippen LogP contribution >= 0.6 is 0 Å². The van der Waals surface area contributed by atoms with E-state index in [-0.39, 0.29) is 42.3 Å². The van der Waals surface area contributed by atoms with Crippen molar-refractivity contribution in [2.24, 2.45) is 5.92 Å². The van der Waals surface area contributed by atoms with Gasteiger partial charge in [0.2, 0.25) is 5.43 Å². The fourth-order valence-corrected chi connectivity index (χ4v) is 5.28. The number of hydrogen-bond donors (Lipinski definition) is 3. The van der Waals surface area contributed by atoms with E-state index < -0.39 is 64.0 Å². The maximum Gasteiger partial charge on any atom is 0.257 e. The predicted molar refractivity (Wildman–Crippen MR) is 119 cm³/mol. The van der Waals surface area contributed by atoms with Crippen LogP contribution in [0, 0.1) is 23.4 Å². The molecule has 188 valence electrons.